The van der Waals surface area contributed by atoms with Crippen LogP contribution in [-0.4, -0.2) is 15.3 Å². The molecular formula is C19H18N2OS2. The van der Waals surface area contributed by atoms with Gasteiger partial charge in [0.05, 0.1) is 5.39 Å². The summed E-state index contributed by atoms with van der Waals surface area (Å²) in [7, 11) is 1.83. The zero-order valence-electron chi connectivity index (χ0n) is 13.5. The van der Waals surface area contributed by atoms with Crippen LogP contribution in [0.2, 0.25) is 0 Å². The number of aromatic nitrogens is 2. The molecule has 0 atom stereocenters. The van der Waals surface area contributed by atoms with Crippen LogP contribution in [0.15, 0.2) is 46.4 Å². The monoisotopic (exact) mass is 354 g/mol. The van der Waals surface area contributed by atoms with Crippen LogP contribution < -0.4 is 5.56 Å². The summed E-state index contributed by atoms with van der Waals surface area (Å²) < 4.78 is 1.70. The van der Waals surface area contributed by atoms with E-state index in [4.69, 9.17) is 4.98 Å². The molecule has 0 spiro atoms. The van der Waals surface area contributed by atoms with Gasteiger partial charge in [-0.3, -0.25) is 9.36 Å². The van der Waals surface area contributed by atoms with Gasteiger partial charge < -0.3 is 0 Å². The number of nitrogens with zero attached hydrogens (tertiary/aromatic N) is 2. The highest BCUT2D eigenvalue weighted by Crippen LogP contribution is 2.35. The van der Waals surface area contributed by atoms with E-state index in [9.17, 15) is 4.79 Å². The Hall–Kier alpha value is -1.85. The lowest BCUT2D eigenvalue weighted by molar-refractivity contribution is 0.727. The Kier molecular flexibility index (Phi) is 4.29. The summed E-state index contributed by atoms with van der Waals surface area (Å²) in [5, 5.41) is 1.66. The standard InChI is InChI=1S/C19H18N2OS2/c1-21-18(22)16-14-10-5-11-15(14)24-17(16)20-19(21)23-12-6-9-13-7-3-2-4-8-13/h2-4,6-9H,5,10-12H2,1H3/b9-6+. The van der Waals surface area contributed by atoms with Crippen molar-refractivity contribution in [1.29, 1.82) is 0 Å². The summed E-state index contributed by atoms with van der Waals surface area (Å²) in [6, 6.07) is 10.2. The van der Waals surface area contributed by atoms with Gasteiger partial charge >= 0.3 is 0 Å². The molecule has 4 rings (SSSR count). The van der Waals surface area contributed by atoms with Crippen LogP contribution in [0.5, 0.6) is 0 Å². The second-order valence-corrected chi connectivity index (χ2v) is 7.99. The minimum Gasteiger partial charge on any atom is -0.290 e. The third-order valence-corrected chi connectivity index (χ3v) is 6.49. The molecule has 1 aliphatic rings. The number of hydrogen-bond acceptors (Lipinski definition) is 4. The van der Waals surface area contributed by atoms with E-state index in [-0.39, 0.29) is 5.56 Å². The highest BCUT2D eigenvalue weighted by molar-refractivity contribution is 7.99. The van der Waals surface area contributed by atoms with Gasteiger partial charge in [-0.05, 0) is 30.4 Å². The summed E-state index contributed by atoms with van der Waals surface area (Å²) in [6.07, 6.45) is 7.51. The van der Waals surface area contributed by atoms with Crippen LogP contribution >= 0.6 is 23.1 Å². The Labute approximate surface area is 149 Å². The van der Waals surface area contributed by atoms with Gasteiger partial charge in [0, 0.05) is 17.7 Å². The number of benzene rings is 1. The van der Waals surface area contributed by atoms with Gasteiger partial charge in [0.2, 0.25) is 0 Å². The summed E-state index contributed by atoms with van der Waals surface area (Å²) >= 11 is 3.31. The highest BCUT2D eigenvalue weighted by atomic mass is 32.2. The molecule has 0 bridgehead atoms. The van der Waals surface area contributed by atoms with Crippen LogP contribution in [0, 0.1) is 0 Å². The number of hydrogen-bond donors (Lipinski definition) is 0. The van der Waals surface area contributed by atoms with Gasteiger partial charge in [0.15, 0.2) is 5.16 Å². The van der Waals surface area contributed by atoms with Gasteiger partial charge in [-0.25, -0.2) is 4.98 Å². The van der Waals surface area contributed by atoms with E-state index in [1.807, 2.05) is 25.2 Å². The molecule has 0 saturated carbocycles. The van der Waals surface area contributed by atoms with E-state index in [1.165, 1.54) is 22.4 Å². The third kappa shape index (κ3) is 2.82. The Balaban J connectivity index is 1.58. The molecule has 0 amide bonds. The van der Waals surface area contributed by atoms with Crippen molar-refractivity contribution < 1.29 is 0 Å². The Morgan fingerprint density at radius 1 is 1.29 bits per heavy atom. The Morgan fingerprint density at radius 3 is 2.96 bits per heavy atom. The van der Waals surface area contributed by atoms with E-state index in [0.29, 0.717) is 0 Å². The fourth-order valence-electron chi connectivity index (χ4n) is 3.11. The van der Waals surface area contributed by atoms with Crippen molar-refractivity contribution in [3.05, 3.63) is 62.8 Å². The van der Waals surface area contributed by atoms with Gasteiger partial charge in [-0.15, -0.1) is 11.3 Å². The summed E-state index contributed by atoms with van der Waals surface area (Å²) in [5.41, 5.74) is 2.54. The molecule has 3 nitrogen and oxygen atoms in total. The molecule has 0 N–H and O–H groups in total. The lowest BCUT2D eigenvalue weighted by atomic mass is 10.2. The summed E-state index contributed by atoms with van der Waals surface area (Å²) in [4.78, 5) is 19.8. The first-order valence-electron chi connectivity index (χ1n) is 8.09. The molecule has 0 radical (unpaired) electrons. The molecule has 0 fully saturated rings. The first-order valence-corrected chi connectivity index (χ1v) is 9.90. The summed E-state index contributed by atoms with van der Waals surface area (Å²) in [6.45, 7) is 0. The van der Waals surface area contributed by atoms with Crippen LogP contribution in [0.25, 0.3) is 16.3 Å². The molecule has 1 aliphatic carbocycles. The number of rotatable bonds is 4. The van der Waals surface area contributed by atoms with E-state index < -0.39 is 0 Å². The van der Waals surface area contributed by atoms with E-state index in [1.54, 1.807) is 27.7 Å². The van der Waals surface area contributed by atoms with Crippen molar-refractivity contribution in [3.63, 3.8) is 0 Å². The van der Waals surface area contributed by atoms with Crippen molar-refractivity contribution in [2.45, 2.75) is 24.4 Å². The van der Waals surface area contributed by atoms with Crippen LogP contribution in [0.3, 0.4) is 0 Å². The Morgan fingerprint density at radius 2 is 2.12 bits per heavy atom. The molecule has 0 saturated heterocycles. The quantitative estimate of drug-likeness (QED) is 0.518. The summed E-state index contributed by atoms with van der Waals surface area (Å²) in [5.74, 6) is 0.797. The first-order chi connectivity index (χ1) is 11.7. The predicted molar refractivity (Wildman–Crippen MR) is 103 cm³/mol. The maximum atomic E-state index is 12.7. The maximum absolute atomic E-state index is 12.7. The molecule has 0 unspecified atom stereocenters. The highest BCUT2D eigenvalue weighted by Gasteiger charge is 2.22. The van der Waals surface area contributed by atoms with Crippen LogP contribution in [0.1, 0.15) is 22.4 Å². The molecule has 3 aromatic rings. The lowest BCUT2D eigenvalue weighted by Crippen LogP contribution is -2.20. The van der Waals surface area contributed by atoms with Crippen LogP contribution in [-0.2, 0) is 19.9 Å². The number of thiophene rings is 1. The van der Waals surface area contributed by atoms with E-state index in [0.717, 1.165) is 34.0 Å². The maximum Gasteiger partial charge on any atom is 0.262 e. The number of fused-ring (bicyclic) bond motifs is 3. The first kappa shape index (κ1) is 15.7. The van der Waals surface area contributed by atoms with Crippen molar-refractivity contribution in [3.8, 4) is 0 Å². The lowest BCUT2D eigenvalue weighted by Gasteiger charge is -2.06. The van der Waals surface area contributed by atoms with E-state index >= 15 is 0 Å². The molecule has 1 aromatic carbocycles. The van der Waals surface area contributed by atoms with Gasteiger partial charge in [0.1, 0.15) is 4.83 Å². The zero-order chi connectivity index (χ0) is 16.5. The molecule has 0 aliphatic heterocycles. The average molecular weight is 355 g/mol. The average Bonchev–Trinajstić information content (AvgIpc) is 3.17. The molecule has 5 heteroatoms. The predicted octanol–water partition coefficient (Wildman–Crippen LogP) is 4.29. The SMILES string of the molecule is Cn1c(SC/C=C/c2ccccc2)nc2sc3c(c2c1=O)CCC3. The van der Waals surface area contributed by atoms with Crippen molar-refractivity contribution in [2.24, 2.45) is 7.05 Å². The molecule has 2 aromatic heterocycles. The van der Waals surface area contributed by atoms with Crippen LogP contribution in [0.4, 0.5) is 0 Å². The molecule has 122 valence electrons. The zero-order valence-corrected chi connectivity index (χ0v) is 15.1. The second-order valence-electron chi connectivity index (χ2n) is 5.92. The number of aryl methyl sites for hydroxylation is 2. The van der Waals surface area contributed by atoms with E-state index in [2.05, 4.69) is 24.3 Å². The fourth-order valence-corrected chi connectivity index (χ4v) is 5.19. The van der Waals surface area contributed by atoms with Gasteiger partial charge in [0.25, 0.3) is 5.56 Å². The normalized spacial score (nSPS) is 13.9. The van der Waals surface area contributed by atoms with Gasteiger partial charge in [-0.1, -0.05) is 54.2 Å². The second kappa shape index (κ2) is 6.57. The van der Waals surface area contributed by atoms with Crippen molar-refractivity contribution in [1.82, 2.24) is 9.55 Å². The fraction of sp³-hybridized carbons (Fsp3) is 0.263. The minimum absolute atomic E-state index is 0.105. The van der Waals surface area contributed by atoms with Crippen molar-refractivity contribution >= 4 is 39.4 Å². The molecule has 24 heavy (non-hydrogen) atoms. The molecule has 2 heterocycles. The largest absolute Gasteiger partial charge is 0.290 e. The smallest absolute Gasteiger partial charge is 0.262 e. The van der Waals surface area contributed by atoms with Crippen molar-refractivity contribution in [2.75, 3.05) is 5.75 Å². The number of thioether (sulfide) groups is 1. The van der Waals surface area contributed by atoms with Gasteiger partial charge in [-0.2, -0.15) is 0 Å². The third-order valence-electron chi connectivity index (χ3n) is 4.32. The minimum atomic E-state index is 0.105. The Bertz CT molecular complexity index is 970. The molecular weight excluding hydrogens is 336 g/mol. The topological polar surface area (TPSA) is 34.9 Å².